The lowest BCUT2D eigenvalue weighted by atomic mass is 10.2. The maximum atomic E-state index is 12.2. The van der Waals surface area contributed by atoms with Gasteiger partial charge in [0.2, 0.25) is 21.9 Å². The van der Waals surface area contributed by atoms with E-state index < -0.39 is 10.0 Å². The molecule has 3 aromatic rings. The third-order valence-corrected chi connectivity index (χ3v) is 5.61. The molecule has 0 unspecified atom stereocenters. The molecule has 3 N–H and O–H groups in total. The highest BCUT2D eigenvalue weighted by Crippen LogP contribution is 2.29. The van der Waals surface area contributed by atoms with Crippen LogP contribution in [0.4, 0.5) is 29.0 Å². The molecule has 0 aliphatic carbocycles. The largest absolute Gasteiger partial charge is 0.376 e. The van der Waals surface area contributed by atoms with Gasteiger partial charge in [-0.15, -0.1) is 0 Å². The Balaban J connectivity index is 1.90. The molecule has 11 heteroatoms. The molecular formula is C18H20ClN7O2S. The van der Waals surface area contributed by atoms with Crippen LogP contribution in [0, 0.1) is 0 Å². The van der Waals surface area contributed by atoms with E-state index in [-0.39, 0.29) is 10.8 Å². The third-order valence-electron chi connectivity index (χ3n) is 3.95. The maximum Gasteiger partial charge on any atom is 0.240 e. The second kappa shape index (κ2) is 8.60. The number of rotatable bonds is 7. The van der Waals surface area contributed by atoms with Crippen LogP contribution in [-0.2, 0) is 10.0 Å². The van der Waals surface area contributed by atoms with Gasteiger partial charge in [-0.25, -0.2) is 23.1 Å². The van der Waals surface area contributed by atoms with E-state index in [1.54, 1.807) is 30.3 Å². The molecule has 0 radical (unpaired) electrons. The van der Waals surface area contributed by atoms with Crippen LogP contribution in [0.3, 0.4) is 0 Å². The molecule has 9 nitrogen and oxygen atoms in total. The molecule has 0 aliphatic rings. The van der Waals surface area contributed by atoms with Gasteiger partial charge in [0.1, 0.15) is 6.33 Å². The van der Waals surface area contributed by atoms with Crippen molar-refractivity contribution < 1.29 is 8.42 Å². The molecule has 0 saturated heterocycles. The van der Waals surface area contributed by atoms with Crippen molar-refractivity contribution in [3.8, 4) is 0 Å². The van der Waals surface area contributed by atoms with Crippen LogP contribution in [0.2, 0.25) is 5.02 Å². The minimum absolute atomic E-state index is 0.127. The number of sulfonamides is 1. The van der Waals surface area contributed by atoms with Gasteiger partial charge in [-0.3, -0.25) is 0 Å². The summed E-state index contributed by atoms with van der Waals surface area (Å²) < 4.78 is 26.6. The topological polar surface area (TPSA) is 112 Å². The van der Waals surface area contributed by atoms with E-state index in [1.807, 2.05) is 19.0 Å². The fourth-order valence-electron chi connectivity index (χ4n) is 2.49. The van der Waals surface area contributed by atoms with Gasteiger partial charge in [-0.1, -0.05) is 11.6 Å². The first kappa shape index (κ1) is 20.8. The van der Waals surface area contributed by atoms with Gasteiger partial charge >= 0.3 is 0 Å². The lowest BCUT2D eigenvalue weighted by Gasteiger charge is -2.19. The summed E-state index contributed by atoms with van der Waals surface area (Å²) in [6, 6.07) is 11.9. The summed E-state index contributed by atoms with van der Waals surface area (Å²) in [6.07, 6.45) is 1.36. The van der Waals surface area contributed by atoms with Gasteiger partial charge in [0.05, 0.1) is 16.3 Å². The highest BCUT2D eigenvalue weighted by atomic mass is 35.5. The van der Waals surface area contributed by atoms with Crippen molar-refractivity contribution in [1.82, 2.24) is 19.7 Å². The normalized spacial score (nSPS) is 11.2. The molecule has 3 rings (SSSR count). The number of nitrogens with zero attached hydrogens (tertiary/aromatic N) is 4. The second-order valence-corrected chi connectivity index (χ2v) is 8.49. The lowest BCUT2D eigenvalue weighted by Crippen LogP contribution is -2.19. The number of aromatic nitrogens is 3. The Morgan fingerprint density at radius 3 is 2.24 bits per heavy atom. The van der Waals surface area contributed by atoms with Crippen molar-refractivity contribution in [2.45, 2.75) is 4.90 Å². The van der Waals surface area contributed by atoms with Gasteiger partial charge in [0, 0.05) is 24.8 Å². The summed E-state index contributed by atoms with van der Waals surface area (Å²) in [6.45, 7) is 0. The Labute approximate surface area is 174 Å². The molecule has 0 fully saturated rings. The van der Waals surface area contributed by atoms with Gasteiger partial charge in [0.15, 0.2) is 0 Å². The summed E-state index contributed by atoms with van der Waals surface area (Å²) in [5.41, 5.74) is 2.07. The summed E-state index contributed by atoms with van der Waals surface area (Å²) >= 11 is 5.90. The van der Waals surface area contributed by atoms with E-state index in [4.69, 9.17) is 11.6 Å². The van der Waals surface area contributed by atoms with Crippen LogP contribution in [0.25, 0.3) is 0 Å². The van der Waals surface area contributed by atoms with Crippen molar-refractivity contribution in [3.05, 3.63) is 53.8 Å². The van der Waals surface area contributed by atoms with Crippen LogP contribution >= 0.6 is 11.6 Å². The molecule has 1 heterocycles. The second-order valence-electron chi connectivity index (χ2n) is 6.17. The first-order valence-corrected chi connectivity index (χ1v) is 10.4. The predicted octanol–water partition coefficient (Wildman–Crippen LogP) is 2.99. The monoisotopic (exact) mass is 433 g/mol. The van der Waals surface area contributed by atoms with Crippen LogP contribution in [-0.4, -0.2) is 44.5 Å². The molecule has 0 spiro atoms. The third kappa shape index (κ3) is 5.11. The highest BCUT2D eigenvalue weighted by molar-refractivity contribution is 7.89. The Hall–Kier alpha value is -2.95. The summed E-state index contributed by atoms with van der Waals surface area (Å²) in [4.78, 5) is 14.5. The smallest absolute Gasteiger partial charge is 0.240 e. The van der Waals surface area contributed by atoms with Gasteiger partial charge in [-0.05, 0) is 49.5 Å². The van der Waals surface area contributed by atoms with Crippen molar-refractivity contribution in [2.24, 2.45) is 0 Å². The number of hydrogen-bond acceptors (Lipinski definition) is 8. The van der Waals surface area contributed by atoms with E-state index in [1.165, 1.54) is 25.5 Å². The van der Waals surface area contributed by atoms with Gasteiger partial charge in [-0.2, -0.15) is 4.98 Å². The molecule has 1 aromatic heterocycles. The Morgan fingerprint density at radius 1 is 0.966 bits per heavy atom. The predicted molar refractivity (Wildman–Crippen MR) is 115 cm³/mol. The highest BCUT2D eigenvalue weighted by Gasteiger charge is 2.16. The molecule has 0 atom stereocenters. The number of hydrogen-bond donors (Lipinski definition) is 3. The van der Waals surface area contributed by atoms with E-state index in [0.717, 1.165) is 11.4 Å². The van der Waals surface area contributed by atoms with E-state index in [0.29, 0.717) is 16.7 Å². The van der Waals surface area contributed by atoms with Gasteiger partial charge in [0.25, 0.3) is 0 Å². The zero-order valence-electron chi connectivity index (χ0n) is 16.0. The maximum absolute atomic E-state index is 12.2. The van der Waals surface area contributed by atoms with Crippen molar-refractivity contribution in [1.29, 1.82) is 0 Å². The van der Waals surface area contributed by atoms with Crippen molar-refractivity contribution in [2.75, 3.05) is 36.7 Å². The van der Waals surface area contributed by atoms with Crippen molar-refractivity contribution >= 4 is 50.6 Å². The molecule has 0 saturated carbocycles. The molecule has 0 amide bonds. The SMILES string of the molecule is CNS(=O)(=O)c1ccc(N(C)C)c(Nc2ncnc(Nc3ccc(Cl)cc3)n2)c1. The van der Waals surface area contributed by atoms with Crippen LogP contribution in [0.1, 0.15) is 0 Å². The Kier molecular flexibility index (Phi) is 6.16. The quantitative estimate of drug-likeness (QED) is 0.521. The molecule has 0 bridgehead atoms. The lowest BCUT2D eigenvalue weighted by molar-refractivity contribution is 0.588. The van der Waals surface area contributed by atoms with Crippen LogP contribution in [0.15, 0.2) is 53.7 Å². The molecule has 29 heavy (non-hydrogen) atoms. The molecule has 0 aliphatic heterocycles. The fourth-order valence-corrected chi connectivity index (χ4v) is 3.37. The average Bonchev–Trinajstić information content (AvgIpc) is 2.70. The average molecular weight is 434 g/mol. The Bertz CT molecular complexity index is 1110. The summed E-state index contributed by atoms with van der Waals surface area (Å²) in [5.74, 6) is 0.591. The Morgan fingerprint density at radius 2 is 1.62 bits per heavy atom. The first-order valence-electron chi connectivity index (χ1n) is 8.52. The number of anilines is 5. The number of nitrogens with one attached hydrogen (secondary N) is 3. The standard InChI is InChI=1S/C18H20ClN7O2S/c1-20-29(27,28)14-8-9-16(26(2)3)15(10-14)24-18-22-11-21-17(25-18)23-13-6-4-12(19)5-7-13/h4-11,20H,1-3H3,(H2,21,22,23,24,25). The first-order chi connectivity index (χ1) is 13.8. The van der Waals surface area contributed by atoms with Crippen LogP contribution < -0.4 is 20.3 Å². The summed E-state index contributed by atoms with van der Waals surface area (Å²) in [5, 5.41) is 6.76. The minimum Gasteiger partial charge on any atom is -0.376 e. The van der Waals surface area contributed by atoms with Crippen LogP contribution in [0.5, 0.6) is 0 Å². The number of halogens is 1. The zero-order chi connectivity index (χ0) is 21.0. The minimum atomic E-state index is -3.59. The number of benzene rings is 2. The molecular weight excluding hydrogens is 414 g/mol. The molecule has 152 valence electrons. The van der Waals surface area contributed by atoms with E-state index in [2.05, 4.69) is 30.3 Å². The fraction of sp³-hybridized carbons (Fsp3) is 0.167. The van der Waals surface area contributed by atoms with E-state index in [9.17, 15) is 8.42 Å². The zero-order valence-corrected chi connectivity index (χ0v) is 17.6. The van der Waals surface area contributed by atoms with E-state index >= 15 is 0 Å². The molecule has 2 aromatic carbocycles. The summed E-state index contributed by atoms with van der Waals surface area (Å²) in [7, 11) is 1.48. The van der Waals surface area contributed by atoms with Crippen molar-refractivity contribution in [3.63, 3.8) is 0 Å². The van der Waals surface area contributed by atoms with Gasteiger partial charge < -0.3 is 15.5 Å².